The van der Waals surface area contributed by atoms with Crippen LogP contribution in [0.3, 0.4) is 0 Å². The van der Waals surface area contributed by atoms with Crippen molar-refractivity contribution < 1.29 is 9.53 Å². The van der Waals surface area contributed by atoms with Crippen LogP contribution in [0.25, 0.3) is 0 Å². The summed E-state index contributed by atoms with van der Waals surface area (Å²) in [5.74, 6) is 0.0756. The van der Waals surface area contributed by atoms with Gasteiger partial charge >= 0.3 is 0 Å². The van der Waals surface area contributed by atoms with E-state index in [9.17, 15) is 4.79 Å². The van der Waals surface area contributed by atoms with Gasteiger partial charge in [-0.2, -0.15) is 5.10 Å². The number of amides is 1. The van der Waals surface area contributed by atoms with E-state index >= 15 is 0 Å². The average Bonchev–Trinajstić information content (AvgIpc) is 3.11. The maximum atomic E-state index is 13.2. The normalized spacial score (nSPS) is 28.8. The Morgan fingerprint density at radius 3 is 2.92 bits per heavy atom. The number of aromatic amines is 1. The third-order valence-corrected chi connectivity index (χ3v) is 5.96. The highest BCUT2D eigenvalue weighted by atomic mass is 16.5. The highest BCUT2D eigenvalue weighted by Crippen LogP contribution is 2.43. The number of hydrogen-bond donors (Lipinski definition) is 1. The first-order valence-electron chi connectivity index (χ1n) is 9.25. The molecule has 3 heterocycles. The van der Waals surface area contributed by atoms with Crippen LogP contribution in [-0.4, -0.2) is 40.2 Å². The number of aromatic nitrogens is 2. The van der Waals surface area contributed by atoms with Crippen LogP contribution in [-0.2, 0) is 11.2 Å². The number of nitrogens with zero attached hydrogens (tertiary/aromatic N) is 2. The van der Waals surface area contributed by atoms with E-state index in [2.05, 4.69) is 29.3 Å². The molecular weight excluding hydrogens is 302 g/mol. The molecule has 0 saturated heterocycles. The van der Waals surface area contributed by atoms with Gasteiger partial charge in [0.05, 0.1) is 17.9 Å². The number of ether oxygens (including phenoxy) is 1. The average molecular weight is 329 g/mol. The Labute approximate surface area is 143 Å². The third kappa shape index (κ3) is 2.69. The lowest BCUT2D eigenvalue weighted by Crippen LogP contribution is -2.40. The number of allylic oxidation sites excluding steroid dienone is 1. The zero-order chi connectivity index (χ0) is 16.7. The van der Waals surface area contributed by atoms with E-state index in [0.717, 1.165) is 30.6 Å². The zero-order valence-corrected chi connectivity index (χ0v) is 14.7. The van der Waals surface area contributed by atoms with Gasteiger partial charge < -0.3 is 9.64 Å². The van der Waals surface area contributed by atoms with E-state index < -0.39 is 0 Å². The molecule has 5 nitrogen and oxygen atoms in total. The summed E-state index contributed by atoms with van der Waals surface area (Å²) in [4.78, 5) is 15.2. The van der Waals surface area contributed by atoms with E-state index in [1.54, 1.807) is 0 Å². The molecule has 1 fully saturated rings. The first-order valence-corrected chi connectivity index (χ1v) is 9.25. The van der Waals surface area contributed by atoms with Gasteiger partial charge in [0.1, 0.15) is 0 Å². The smallest absolute Gasteiger partial charge is 0.274 e. The molecule has 1 aromatic rings. The summed E-state index contributed by atoms with van der Waals surface area (Å²) in [5, 5.41) is 7.44. The lowest BCUT2D eigenvalue weighted by Gasteiger charge is -2.33. The van der Waals surface area contributed by atoms with Crippen LogP contribution < -0.4 is 0 Å². The van der Waals surface area contributed by atoms with Gasteiger partial charge in [0, 0.05) is 25.1 Å². The van der Waals surface area contributed by atoms with Crippen LogP contribution in [0.15, 0.2) is 12.2 Å². The summed E-state index contributed by atoms with van der Waals surface area (Å²) in [5.41, 5.74) is 2.93. The fraction of sp³-hybridized carbons (Fsp3) is 0.684. The number of hydrogen-bond acceptors (Lipinski definition) is 3. The van der Waals surface area contributed by atoms with Crippen LogP contribution in [0.1, 0.15) is 73.8 Å². The second-order valence-corrected chi connectivity index (χ2v) is 7.83. The summed E-state index contributed by atoms with van der Waals surface area (Å²) >= 11 is 0. The molecule has 1 spiro atoms. The molecule has 0 unspecified atom stereocenters. The molecule has 1 N–H and O–H groups in total. The minimum atomic E-state index is -0.0250. The molecule has 4 rings (SSSR count). The number of carbonyl (C=O) groups excluding carboxylic acids is 1. The molecule has 24 heavy (non-hydrogen) atoms. The molecule has 5 heteroatoms. The molecule has 2 aliphatic heterocycles. The predicted molar refractivity (Wildman–Crippen MR) is 91.8 cm³/mol. The zero-order valence-electron chi connectivity index (χ0n) is 14.7. The van der Waals surface area contributed by atoms with Crippen molar-refractivity contribution in [2.24, 2.45) is 5.41 Å². The molecule has 1 aliphatic carbocycles. The van der Waals surface area contributed by atoms with Crippen LogP contribution in [0, 0.1) is 5.41 Å². The van der Waals surface area contributed by atoms with Gasteiger partial charge in [-0.1, -0.05) is 25.0 Å². The summed E-state index contributed by atoms with van der Waals surface area (Å²) in [6, 6.07) is 0. The highest BCUT2D eigenvalue weighted by Gasteiger charge is 2.38. The standard InChI is InChI=1S/C19H27N3O2/c1-13-11-15-16(14(2)24-13)20-21-17(15)18(23)22-10-6-5-9-19(12-22)7-3-4-8-19/h5-6,13-14H,3-4,7-12H2,1-2H3,(H,20,21)/t13-,14+/m1/s1. The summed E-state index contributed by atoms with van der Waals surface area (Å²) in [7, 11) is 0. The Morgan fingerprint density at radius 2 is 2.12 bits per heavy atom. The van der Waals surface area contributed by atoms with Gasteiger partial charge in [0.2, 0.25) is 0 Å². The number of rotatable bonds is 1. The van der Waals surface area contributed by atoms with Crippen molar-refractivity contribution in [2.75, 3.05) is 13.1 Å². The molecule has 2 atom stereocenters. The lowest BCUT2D eigenvalue weighted by atomic mass is 9.82. The fourth-order valence-corrected chi connectivity index (χ4v) is 4.71. The molecule has 1 saturated carbocycles. The van der Waals surface area contributed by atoms with E-state index in [0.29, 0.717) is 17.7 Å². The van der Waals surface area contributed by atoms with Gasteiger partial charge in [-0.25, -0.2) is 0 Å². The van der Waals surface area contributed by atoms with Crippen molar-refractivity contribution >= 4 is 5.91 Å². The first-order chi connectivity index (χ1) is 11.6. The van der Waals surface area contributed by atoms with Gasteiger partial charge in [0.25, 0.3) is 5.91 Å². The largest absolute Gasteiger partial charge is 0.369 e. The monoisotopic (exact) mass is 329 g/mol. The molecule has 1 amide bonds. The Kier molecular flexibility index (Phi) is 3.99. The first kappa shape index (κ1) is 15.9. The highest BCUT2D eigenvalue weighted by molar-refractivity contribution is 5.94. The molecule has 1 aromatic heterocycles. The van der Waals surface area contributed by atoms with Crippen molar-refractivity contribution in [2.45, 2.75) is 64.6 Å². The Hall–Kier alpha value is -1.62. The third-order valence-electron chi connectivity index (χ3n) is 5.96. The minimum absolute atomic E-state index is 0.0250. The van der Waals surface area contributed by atoms with Crippen LogP contribution in [0.5, 0.6) is 0 Å². The van der Waals surface area contributed by atoms with Crippen molar-refractivity contribution in [3.05, 3.63) is 29.1 Å². The van der Waals surface area contributed by atoms with E-state index in [1.165, 1.54) is 25.7 Å². The van der Waals surface area contributed by atoms with Gasteiger partial charge in [-0.15, -0.1) is 0 Å². The van der Waals surface area contributed by atoms with Gasteiger partial charge in [0.15, 0.2) is 5.69 Å². The Morgan fingerprint density at radius 1 is 1.33 bits per heavy atom. The topological polar surface area (TPSA) is 58.2 Å². The van der Waals surface area contributed by atoms with Crippen molar-refractivity contribution in [3.63, 3.8) is 0 Å². The number of fused-ring (bicyclic) bond motifs is 1. The van der Waals surface area contributed by atoms with E-state index in [1.807, 2.05) is 11.8 Å². The summed E-state index contributed by atoms with van der Waals surface area (Å²) < 4.78 is 5.84. The maximum Gasteiger partial charge on any atom is 0.274 e. The molecule has 130 valence electrons. The Bertz CT molecular complexity index is 658. The lowest BCUT2D eigenvalue weighted by molar-refractivity contribution is -0.00703. The summed E-state index contributed by atoms with van der Waals surface area (Å²) in [6.07, 6.45) is 11.5. The number of carbonyl (C=O) groups is 1. The van der Waals surface area contributed by atoms with Crippen molar-refractivity contribution in [1.29, 1.82) is 0 Å². The molecule has 0 bridgehead atoms. The van der Waals surface area contributed by atoms with Crippen LogP contribution >= 0.6 is 0 Å². The second kappa shape index (κ2) is 6.03. The van der Waals surface area contributed by atoms with Crippen molar-refractivity contribution in [3.8, 4) is 0 Å². The second-order valence-electron chi connectivity index (χ2n) is 7.83. The fourth-order valence-electron chi connectivity index (χ4n) is 4.71. The molecule has 0 radical (unpaired) electrons. The maximum absolute atomic E-state index is 13.2. The van der Waals surface area contributed by atoms with Gasteiger partial charge in [-0.3, -0.25) is 9.89 Å². The van der Waals surface area contributed by atoms with E-state index in [4.69, 9.17) is 4.74 Å². The van der Waals surface area contributed by atoms with Crippen LogP contribution in [0.2, 0.25) is 0 Å². The van der Waals surface area contributed by atoms with Crippen molar-refractivity contribution in [1.82, 2.24) is 15.1 Å². The van der Waals surface area contributed by atoms with Crippen LogP contribution in [0.4, 0.5) is 0 Å². The molecule has 0 aromatic carbocycles. The minimum Gasteiger partial charge on any atom is -0.369 e. The number of H-pyrrole nitrogens is 1. The quantitative estimate of drug-likeness (QED) is 0.804. The number of nitrogens with one attached hydrogen (secondary N) is 1. The SMILES string of the molecule is C[C@@H]1Cc2c(C(=O)N3CC=CCC4(CCCC4)C3)n[nH]c2[C@H](C)O1. The van der Waals surface area contributed by atoms with Gasteiger partial charge in [-0.05, 0) is 38.5 Å². The Balaban J connectivity index is 1.61. The predicted octanol–water partition coefficient (Wildman–Crippen LogP) is 3.39. The molecule has 3 aliphatic rings. The van der Waals surface area contributed by atoms with E-state index in [-0.39, 0.29) is 18.1 Å². The summed E-state index contributed by atoms with van der Waals surface area (Å²) in [6.45, 7) is 5.64. The molecular formula is C19H27N3O2.